The number of hydrogen-bond donors (Lipinski definition) is 0. The van der Waals surface area contributed by atoms with E-state index in [0.29, 0.717) is 29.2 Å². The molecule has 0 unspecified atom stereocenters. The smallest absolute Gasteiger partial charge is 0.233 e. The summed E-state index contributed by atoms with van der Waals surface area (Å²) >= 11 is 1.36. The molecule has 8 heteroatoms. The molecular weight excluding hydrogens is 379 g/mol. The maximum Gasteiger partial charge on any atom is 0.233 e. The third-order valence-corrected chi connectivity index (χ3v) is 5.71. The minimum Gasteiger partial charge on any atom is -0.483 e. The quantitative estimate of drug-likeness (QED) is 0.498. The maximum absolute atomic E-state index is 13.7. The van der Waals surface area contributed by atoms with Gasteiger partial charge >= 0.3 is 0 Å². The number of para-hydroxylation sites is 1. The number of allylic oxidation sites excluding steroid dienone is 1. The molecule has 0 spiro atoms. The molecule has 6 nitrogen and oxygen atoms in total. The topological polar surface area (TPSA) is 60.2 Å². The van der Waals surface area contributed by atoms with Crippen LogP contribution in [0.5, 0.6) is 5.75 Å². The highest BCUT2D eigenvalue weighted by molar-refractivity contribution is 7.99. The normalized spacial score (nSPS) is 14.9. The van der Waals surface area contributed by atoms with Gasteiger partial charge in [0, 0.05) is 19.6 Å². The fourth-order valence-electron chi connectivity index (χ4n) is 3.02. The lowest BCUT2D eigenvalue weighted by atomic mass is 9.99. The van der Waals surface area contributed by atoms with E-state index in [1.54, 1.807) is 24.3 Å². The molecule has 0 radical (unpaired) electrons. The maximum atomic E-state index is 13.7. The number of likely N-dealkylation sites (tertiary alicyclic amines) is 1. The highest BCUT2D eigenvalue weighted by atomic mass is 32.2. The fraction of sp³-hybridized carbons (Fsp3) is 0.450. The first-order valence-electron chi connectivity index (χ1n) is 9.39. The Morgan fingerprint density at radius 1 is 1.36 bits per heavy atom. The number of thioether (sulfide) groups is 1. The SMILES string of the molecule is C=CCn1c(COc2ccccc2F)nnc1SCC(=O)N1CCC(C)CC1. The minimum absolute atomic E-state index is 0.0836. The van der Waals surface area contributed by atoms with E-state index >= 15 is 0 Å². The molecule has 2 aromatic rings. The van der Waals surface area contributed by atoms with Gasteiger partial charge in [0.25, 0.3) is 0 Å². The zero-order chi connectivity index (χ0) is 19.9. The lowest BCUT2D eigenvalue weighted by molar-refractivity contribution is -0.129. The molecule has 1 aliphatic rings. The number of carbonyl (C=O) groups excluding carboxylic acids is 1. The number of piperidine rings is 1. The Kier molecular flexibility index (Phi) is 7.08. The van der Waals surface area contributed by atoms with Crippen molar-refractivity contribution in [2.24, 2.45) is 5.92 Å². The van der Waals surface area contributed by atoms with E-state index in [2.05, 4.69) is 23.7 Å². The molecule has 150 valence electrons. The summed E-state index contributed by atoms with van der Waals surface area (Å²) in [6, 6.07) is 6.23. The van der Waals surface area contributed by atoms with Crippen LogP contribution in [0.15, 0.2) is 42.1 Å². The summed E-state index contributed by atoms with van der Waals surface area (Å²) in [5.74, 6) is 1.42. The van der Waals surface area contributed by atoms with E-state index in [-0.39, 0.29) is 18.3 Å². The van der Waals surface area contributed by atoms with Crippen LogP contribution in [-0.4, -0.2) is 44.4 Å². The summed E-state index contributed by atoms with van der Waals surface area (Å²) in [7, 11) is 0. The number of halogens is 1. The molecule has 1 aromatic heterocycles. The molecule has 0 bridgehead atoms. The molecular formula is C20H25FN4O2S. The molecule has 2 heterocycles. The molecule has 1 saturated heterocycles. The van der Waals surface area contributed by atoms with Crippen LogP contribution in [0, 0.1) is 11.7 Å². The first-order valence-corrected chi connectivity index (χ1v) is 10.4. The van der Waals surface area contributed by atoms with Crippen LogP contribution in [0.1, 0.15) is 25.6 Å². The zero-order valence-electron chi connectivity index (χ0n) is 16.0. The molecule has 1 aromatic carbocycles. The van der Waals surface area contributed by atoms with Gasteiger partial charge in [-0.2, -0.15) is 0 Å². The third-order valence-electron chi connectivity index (χ3n) is 4.76. The van der Waals surface area contributed by atoms with Crippen LogP contribution in [0.3, 0.4) is 0 Å². The standard InChI is InChI=1S/C20H25FN4O2S/c1-3-10-25-18(13-27-17-7-5-4-6-16(17)21)22-23-20(25)28-14-19(26)24-11-8-15(2)9-12-24/h3-7,15H,1,8-14H2,2H3. The number of rotatable bonds is 8. The fourth-order valence-corrected chi connectivity index (χ4v) is 3.89. The lowest BCUT2D eigenvalue weighted by Gasteiger charge is -2.30. The van der Waals surface area contributed by atoms with Crippen LogP contribution in [-0.2, 0) is 17.9 Å². The Morgan fingerprint density at radius 3 is 2.82 bits per heavy atom. The van der Waals surface area contributed by atoms with E-state index in [9.17, 15) is 9.18 Å². The van der Waals surface area contributed by atoms with Crippen LogP contribution in [0.25, 0.3) is 0 Å². The second-order valence-electron chi connectivity index (χ2n) is 6.87. The molecule has 1 amide bonds. The Morgan fingerprint density at radius 2 is 2.11 bits per heavy atom. The van der Waals surface area contributed by atoms with Crippen LogP contribution in [0.2, 0.25) is 0 Å². The molecule has 1 fully saturated rings. The molecule has 0 aliphatic carbocycles. The number of aromatic nitrogens is 3. The summed E-state index contributed by atoms with van der Waals surface area (Å²) < 4.78 is 21.1. The van der Waals surface area contributed by atoms with Gasteiger partial charge in [-0.05, 0) is 30.9 Å². The van der Waals surface area contributed by atoms with Crippen molar-refractivity contribution >= 4 is 17.7 Å². The van der Waals surface area contributed by atoms with Gasteiger partial charge < -0.3 is 9.64 Å². The summed E-state index contributed by atoms with van der Waals surface area (Å²) in [4.78, 5) is 14.4. The number of ether oxygens (including phenoxy) is 1. The molecule has 3 rings (SSSR count). The van der Waals surface area contributed by atoms with Crippen molar-refractivity contribution in [3.63, 3.8) is 0 Å². The summed E-state index contributed by atoms with van der Waals surface area (Å²) in [6.45, 7) is 8.20. The van der Waals surface area contributed by atoms with Crippen molar-refractivity contribution < 1.29 is 13.9 Å². The molecule has 0 atom stereocenters. The minimum atomic E-state index is -0.423. The lowest BCUT2D eigenvalue weighted by Crippen LogP contribution is -2.38. The van der Waals surface area contributed by atoms with Gasteiger partial charge in [0.1, 0.15) is 6.61 Å². The van der Waals surface area contributed by atoms with E-state index in [4.69, 9.17) is 4.74 Å². The van der Waals surface area contributed by atoms with Crippen molar-refractivity contribution in [3.8, 4) is 5.75 Å². The van der Waals surface area contributed by atoms with Crippen molar-refractivity contribution in [1.29, 1.82) is 0 Å². The first kappa shape index (κ1) is 20.4. The summed E-state index contributed by atoms with van der Waals surface area (Å²) in [5, 5.41) is 8.96. The van der Waals surface area contributed by atoms with Crippen molar-refractivity contribution in [3.05, 3.63) is 48.6 Å². The number of carbonyl (C=O) groups is 1. The summed E-state index contributed by atoms with van der Waals surface area (Å²) in [5.41, 5.74) is 0. The zero-order valence-corrected chi connectivity index (χ0v) is 16.8. The highest BCUT2D eigenvalue weighted by Gasteiger charge is 2.21. The highest BCUT2D eigenvalue weighted by Crippen LogP contribution is 2.22. The Balaban J connectivity index is 1.61. The molecule has 1 aliphatic heterocycles. The number of nitrogens with zero attached hydrogens (tertiary/aromatic N) is 4. The van der Waals surface area contributed by atoms with Crippen LogP contribution < -0.4 is 4.74 Å². The average molecular weight is 405 g/mol. The summed E-state index contributed by atoms with van der Waals surface area (Å²) in [6.07, 6.45) is 3.84. The van der Waals surface area contributed by atoms with E-state index in [1.165, 1.54) is 17.8 Å². The predicted molar refractivity (Wildman–Crippen MR) is 107 cm³/mol. The van der Waals surface area contributed by atoms with Gasteiger partial charge in [0.2, 0.25) is 5.91 Å². The van der Waals surface area contributed by atoms with E-state index in [1.807, 2.05) is 9.47 Å². The van der Waals surface area contributed by atoms with Gasteiger partial charge in [-0.25, -0.2) is 4.39 Å². The van der Waals surface area contributed by atoms with Crippen LogP contribution >= 0.6 is 11.8 Å². The first-order chi connectivity index (χ1) is 13.6. The Bertz CT molecular complexity index is 818. The molecule has 0 saturated carbocycles. The number of amides is 1. The van der Waals surface area contributed by atoms with Gasteiger partial charge in [0.05, 0.1) is 5.75 Å². The van der Waals surface area contributed by atoms with E-state index < -0.39 is 5.82 Å². The van der Waals surface area contributed by atoms with Crippen molar-refractivity contribution in [2.75, 3.05) is 18.8 Å². The van der Waals surface area contributed by atoms with Gasteiger partial charge in [-0.1, -0.05) is 36.9 Å². The Hall–Kier alpha value is -2.35. The number of benzene rings is 1. The van der Waals surface area contributed by atoms with E-state index in [0.717, 1.165) is 25.9 Å². The number of hydrogen-bond acceptors (Lipinski definition) is 5. The average Bonchev–Trinajstić information content (AvgIpc) is 3.08. The third kappa shape index (κ3) is 5.13. The molecule has 0 N–H and O–H groups in total. The predicted octanol–water partition coefficient (Wildman–Crippen LogP) is 3.53. The largest absolute Gasteiger partial charge is 0.483 e. The second-order valence-corrected chi connectivity index (χ2v) is 7.81. The molecule has 28 heavy (non-hydrogen) atoms. The van der Waals surface area contributed by atoms with Crippen LogP contribution in [0.4, 0.5) is 4.39 Å². The van der Waals surface area contributed by atoms with Crippen molar-refractivity contribution in [1.82, 2.24) is 19.7 Å². The monoisotopic (exact) mass is 404 g/mol. The Labute approximate surface area is 168 Å². The second kappa shape index (κ2) is 9.73. The van der Waals surface area contributed by atoms with Gasteiger partial charge in [-0.15, -0.1) is 16.8 Å². The van der Waals surface area contributed by atoms with Crippen molar-refractivity contribution in [2.45, 2.75) is 38.1 Å². The van der Waals surface area contributed by atoms with Gasteiger partial charge in [0.15, 0.2) is 22.5 Å². The van der Waals surface area contributed by atoms with Gasteiger partial charge in [-0.3, -0.25) is 9.36 Å².